The number of benzene rings is 2. The van der Waals surface area contributed by atoms with Crippen molar-refractivity contribution < 1.29 is 9.53 Å². The van der Waals surface area contributed by atoms with Crippen molar-refractivity contribution in [3.05, 3.63) is 59.2 Å². The summed E-state index contributed by atoms with van der Waals surface area (Å²) in [5.74, 6) is -0.0986. The van der Waals surface area contributed by atoms with Crippen LogP contribution in [0.3, 0.4) is 0 Å². The molecule has 0 atom stereocenters. The van der Waals surface area contributed by atoms with E-state index in [0.29, 0.717) is 22.8 Å². The van der Waals surface area contributed by atoms with E-state index in [2.05, 4.69) is 24.0 Å². The highest BCUT2D eigenvalue weighted by Gasteiger charge is 2.23. The van der Waals surface area contributed by atoms with E-state index in [1.165, 1.54) is 16.9 Å². The van der Waals surface area contributed by atoms with Gasteiger partial charge in [0.05, 0.1) is 35.1 Å². The first-order valence-electron chi connectivity index (χ1n) is 9.63. The molecule has 1 saturated heterocycles. The molecular formula is C22H22N4O2S. The molecule has 0 saturated carbocycles. The maximum absolute atomic E-state index is 13.3. The number of carbonyl (C=O) groups is 1. The fraction of sp³-hybridized carbons (Fsp3) is 0.318. The number of morpholine rings is 1. The summed E-state index contributed by atoms with van der Waals surface area (Å²) in [6, 6.07) is 15.0. The van der Waals surface area contributed by atoms with Gasteiger partial charge in [-0.3, -0.25) is 14.6 Å². The maximum Gasteiger partial charge on any atom is 0.260 e. The Morgan fingerprint density at radius 3 is 2.72 bits per heavy atom. The van der Waals surface area contributed by atoms with Crippen molar-refractivity contribution >= 4 is 32.6 Å². The molecule has 1 amide bonds. The van der Waals surface area contributed by atoms with Crippen LogP contribution in [0.2, 0.25) is 0 Å². The quantitative estimate of drug-likeness (QED) is 0.649. The maximum atomic E-state index is 13.3. The standard InChI is InChI=1S/C22H22N4O2S/c1-16-2-7-19-20(14-16)29-22(24-19)26(9-8-25-10-12-28-13-11-25)21(27)18-5-3-17(15-23)4-6-18/h2-7,14H,8-13H2,1H3. The summed E-state index contributed by atoms with van der Waals surface area (Å²) in [4.78, 5) is 22.1. The SMILES string of the molecule is Cc1ccc2nc(N(CCN3CCOCC3)C(=O)c3ccc(C#N)cc3)sc2c1. The second kappa shape index (κ2) is 8.70. The van der Waals surface area contributed by atoms with Crippen molar-refractivity contribution in [1.82, 2.24) is 9.88 Å². The number of hydrogen-bond donors (Lipinski definition) is 0. The molecule has 0 spiro atoms. The fourth-order valence-electron chi connectivity index (χ4n) is 3.33. The second-order valence-corrected chi connectivity index (χ2v) is 8.08. The Morgan fingerprint density at radius 1 is 1.24 bits per heavy atom. The molecule has 1 aromatic heterocycles. The number of aromatic nitrogens is 1. The largest absolute Gasteiger partial charge is 0.379 e. The number of fused-ring (bicyclic) bond motifs is 1. The molecule has 0 N–H and O–H groups in total. The molecule has 29 heavy (non-hydrogen) atoms. The third-order valence-corrected chi connectivity index (χ3v) is 6.05. The summed E-state index contributed by atoms with van der Waals surface area (Å²) in [6.07, 6.45) is 0. The van der Waals surface area contributed by atoms with Crippen molar-refractivity contribution in [3.63, 3.8) is 0 Å². The van der Waals surface area contributed by atoms with E-state index in [1.54, 1.807) is 29.2 Å². The molecule has 1 aliphatic rings. The average Bonchev–Trinajstić information content (AvgIpc) is 3.17. The van der Waals surface area contributed by atoms with Crippen LogP contribution in [0.15, 0.2) is 42.5 Å². The first kappa shape index (κ1) is 19.5. The van der Waals surface area contributed by atoms with E-state index in [9.17, 15) is 4.79 Å². The number of rotatable bonds is 5. The van der Waals surface area contributed by atoms with Gasteiger partial charge in [0.1, 0.15) is 0 Å². The Kier molecular flexibility index (Phi) is 5.86. The Labute approximate surface area is 173 Å². The molecule has 2 aromatic carbocycles. The van der Waals surface area contributed by atoms with E-state index in [0.717, 1.165) is 43.1 Å². The van der Waals surface area contributed by atoms with Crippen LogP contribution >= 0.6 is 11.3 Å². The Balaban J connectivity index is 1.63. The normalized spacial score (nSPS) is 14.6. The molecule has 4 rings (SSSR count). The lowest BCUT2D eigenvalue weighted by atomic mass is 10.1. The van der Waals surface area contributed by atoms with E-state index in [4.69, 9.17) is 15.0 Å². The Morgan fingerprint density at radius 2 is 2.00 bits per heavy atom. The molecule has 0 aliphatic carbocycles. The van der Waals surface area contributed by atoms with Crippen LogP contribution in [0.4, 0.5) is 5.13 Å². The van der Waals surface area contributed by atoms with Crippen LogP contribution in [0.5, 0.6) is 0 Å². The first-order valence-corrected chi connectivity index (χ1v) is 10.4. The highest BCUT2D eigenvalue weighted by molar-refractivity contribution is 7.22. The number of nitrogens with zero attached hydrogens (tertiary/aromatic N) is 4. The van der Waals surface area contributed by atoms with Gasteiger partial charge in [-0.1, -0.05) is 17.4 Å². The first-order chi connectivity index (χ1) is 14.1. The van der Waals surface area contributed by atoms with Gasteiger partial charge in [-0.25, -0.2) is 4.98 Å². The molecule has 6 nitrogen and oxygen atoms in total. The van der Waals surface area contributed by atoms with Crippen LogP contribution in [-0.2, 0) is 4.74 Å². The lowest BCUT2D eigenvalue weighted by Crippen LogP contribution is -2.43. The molecule has 0 radical (unpaired) electrons. The number of aryl methyl sites for hydroxylation is 1. The van der Waals surface area contributed by atoms with E-state index >= 15 is 0 Å². The molecule has 1 fully saturated rings. The van der Waals surface area contributed by atoms with Crippen LogP contribution in [-0.4, -0.2) is 55.2 Å². The number of carbonyl (C=O) groups excluding carboxylic acids is 1. The molecule has 0 bridgehead atoms. The van der Waals surface area contributed by atoms with Gasteiger partial charge in [0.25, 0.3) is 5.91 Å². The van der Waals surface area contributed by atoms with Crippen LogP contribution in [0, 0.1) is 18.3 Å². The van der Waals surface area contributed by atoms with Crippen molar-refractivity contribution in [2.75, 3.05) is 44.3 Å². The van der Waals surface area contributed by atoms with E-state index < -0.39 is 0 Å². The second-order valence-electron chi connectivity index (χ2n) is 7.07. The predicted molar refractivity (Wildman–Crippen MR) is 114 cm³/mol. The summed E-state index contributed by atoms with van der Waals surface area (Å²) in [6.45, 7) is 6.57. The minimum Gasteiger partial charge on any atom is -0.379 e. The zero-order valence-corrected chi connectivity index (χ0v) is 17.1. The zero-order chi connectivity index (χ0) is 20.2. The third kappa shape index (κ3) is 4.46. The topological polar surface area (TPSA) is 69.5 Å². The number of hydrogen-bond acceptors (Lipinski definition) is 6. The molecule has 3 aromatic rings. The number of anilines is 1. The monoisotopic (exact) mass is 406 g/mol. The lowest BCUT2D eigenvalue weighted by Gasteiger charge is -2.29. The summed E-state index contributed by atoms with van der Waals surface area (Å²) in [7, 11) is 0. The highest BCUT2D eigenvalue weighted by atomic mass is 32.1. The molecule has 7 heteroatoms. The molecular weight excluding hydrogens is 384 g/mol. The lowest BCUT2D eigenvalue weighted by molar-refractivity contribution is 0.0391. The highest BCUT2D eigenvalue weighted by Crippen LogP contribution is 2.30. The summed E-state index contributed by atoms with van der Waals surface area (Å²) < 4.78 is 6.50. The minimum absolute atomic E-state index is 0.0986. The average molecular weight is 407 g/mol. The van der Waals surface area contributed by atoms with Crippen LogP contribution < -0.4 is 4.90 Å². The van der Waals surface area contributed by atoms with Gasteiger partial charge in [-0.15, -0.1) is 0 Å². The molecule has 148 valence electrons. The van der Waals surface area contributed by atoms with Gasteiger partial charge in [0.2, 0.25) is 0 Å². The van der Waals surface area contributed by atoms with Crippen LogP contribution in [0.25, 0.3) is 10.2 Å². The number of nitriles is 1. The van der Waals surface area contributed by atoms with E-state index in [1.807, 2.05) is 12.1 Å². The predicted octanol–water partition coefficient (Wildman–Crippen LogP) is 3.46. The number of thiazole rings is 1. The van der Waals surface area contributed by atoms with Gasteiger partial charge >= 0.3 is 0 Å². The summed E-state index contributed by atoms with van der Waals surface area (Å²) >= 11 is 1.54. The van der Waals surface area contributed by atoms with Crippen molar-refractivity contribution in [2.24, 2.45) is 0 Å². The summed E-state index contributed by atoms with van der Waals surface area (Å²) in [5.41, 5.74) is 3.17. The van der Waals surface area contributed by atoms with Crippen molar-refractivity contribution in [2.45, 2.75) is 6.92 Å². The molecule has 1 aliphatic heterocycles. The van der Waals surface area contributed by atoms with E-state index in [-0.39, 0.29) is 5.91 Å². The van der Waals surface area contributed by atoms with Gasteiger partial charge in [0, 0.05) is 31.7 Å². The molecule has 0 unspecified atom stereocenters. The number of amides is 1. The Bertz CT molecular complexity index is 1050. The van der Waals surface area contributed by atoms with Crippen molar-refractivity contribution in [1.29, 1.82) is 5.26 Å². The smallest absolute Gasteiger partial charge is 0.260 e. The zero-order valence-electron chi connectivity index (χ0n) is 16.3. The Hall–Kier alpha value is -2.79. The summed E-state index contributed by atoms with van der Waals surface area (Å²) in [5, 5.41) is 9.72. The fourth-order valence-corrected chi connectivity index (χ4v) is 4.42. The van der Waals surface area contributed by atoms with Gasteiger partial charge in [0.15, 0.2) is 5.13 Å². The van der Waals surface area contributed by atoms with Crippen LogP contribution in [0.1, 0.15) is 21.5 Å². The molecule has 2 heterocycles. The van der Waals surface area contributed by atoms with Crippen molar-refractivity contribution in [3.8, 4) is 6.07 Å². The van der Waals surface area contributed by atoms with Gasteiger partial charge < -0.3 is 4.74 Å². The minimum atomic E-state index is -0.0986. The third-order valence-electron chi connectivity index (χ3n) is 5.01. The van der Waals surface area contributed by atoms with Gasteiger partial charge in [-0.05, 0) is 48.9 Å². The number of ether oxygens (including phenoxy) is 1. The van der Waals surface area contributed by atoms with Gasteiger partial charge in [-0.2, -0.15) is 5.26 Å².